The number of benzene rings is 1. The second-order valence-corrected chi connectivity index (χ2v) is 5.72. The molecule has 1 heterocycles. The monoisotopic (exact) mass is 346 g/mol. The number of rotatable bonds is 6. The Bertz CT molecular complexity index is 654. The van der Waals surface area contributed by atoms with E-state index in [0.29, 0.717) is 13.0 Å². The van der Waals surface area contributed by atoms with Gasteiger partial charge in [0.15, 0.2) is 6.61 Å². The Morgan fingerprint density at radius 2 is 1.96 bits per heavy atom. The van der Waals surface area contributed by atoms with Crippen molar-refractivity contribution in [3.63, 3.8) is 0 Å². The van der Waals surface area contributed by atoms with Gasteiger partial charge in [0.2, 0.25) is 5.91 Å². The fraction of sp³-hybridized carbons (Fsp3) is 0.389. The average Bonchev–Trinajstić information content (AvgIpc) is 2.64. The van der Waals surface area contributed by atoms with Crippen LogP contribution in [0.5, 0.6) is 5.75 Å². The van der Waals surface area contributed by atoms with Gasteiger partial charge in [-0.05, 0) is 43.0 Å². The molecule has 0 saturated carbocycles. The van der Waals surface area contributed by atoms with Gasteiger partial charge >= 0.3 is 5.97 Å². The Kier molecular flexibility index (Phi) is 6.56. The molecule has 1 aromatic rings. The normalized spacial score (nSPS) is 17.3. The molecule has 1 aliphatic heterocycles. The van der Waals surface area contributed by atoms with E-state index in [2.05, 4.69) is 0 Å². The number of hydrogen-bond acceptors (Lipinski definition) is 5. The highest BCUT2D eigenvalue weighted by molar-refractivity contribution is 5.91. The molecule has 134 valence electrons. The first-order valence-electron chi connectivity index (χ1n) is 8.09. The van der Waals surface area contributed by atoms with Crippen LogP contribution in [0.2, 0.25) is 0 Å². The van der Waals surface area contributed by atoms with E-state index >= 15 is 0 Å². The van der Waals surface area contributed by atoms with Crippen molar-refractivity contribution in [2.75, 3.05) is 20.3 Å². The standard InChI is InChI=1S/C18H22N2O5/c1-24-14-8-5-13(6-9-14)7-10-17(22)25-12-16(21)20-11-3-2-4-15(20)18(19)23/h5-10,15H,2-4,11-12H2,1H3,(H2,19,23)/b10-7+/t15-/m0/s1. The van der Waals surface area contributed by atoms with E-state index in [1.54, 1.807) is 37.5 Å². The van der Waals surface area contributed by atoms with Crippen LogP contribution in [0.3, 0.4) is 0 Å². The summed E-state index contributed by atoms with van der Waals surface area (Å²) in [5.74, 6) is -0.846. The van der Waals surface area contributed by atoms with Gasteiger partial charge < -0.3 is 20.1 Å². The first kappa shape index (κ1) is 18.5. The lowest BCUT2D eigenvalue weighted by Gasteiger charge is -2.33. The summed E-state index contributed by atoms with van der Waals surface area (Å²) in [6.45, 7) is 0.0429. The molecule has 1 saturated heterocycles. The maximum absolute atomic E-state index is 12.2. The van der Waals surface area contributed by atoms with Crippen LogP contribution in [0.1, 0.15) is 24.8 Å². The molecule has 0 aromatic heterocycles. The van der Waals surface area contributed by atoms with Crippen molar-refractivity contribution in [2.24, 2.45) is 5.73 Å². The van der Waals surface area contributed by atoms with E-state index in [1.165, 1.54) is 11.0 Å². The molecule has 25 heavy (non-hydrogen) atoms. The third-order valence-electron chi connectivity index (χ3n) is 4.02. The molecular formula is C18H22N2O5. The van der Waals surface area contributed by atoms with Crippen LogP contribution < -0.4 is 10.5 Å². The molecule has 0 aliphatic carbocycles. The van der Waals surface area contributed by atoms with E-state index in [0.717, 1.165) is 24.2 Å². The summed E-state index contributed by atoms with van der Waals surface area (Å²) < 4.78 is 10.0. The number of piperidine rings is 1. The lowest BCUT2D eigenvalue weighted by molar-refractivity contribution is -0.151. The summed E-state index contributed by atoms with van der Waals surface area (Å²) in [4.78, 5) is 36.7. The largest absolute Gasteiger partial charge is 0.497 e. The van der Waals surface area contributed by atoms with Crippen LogP contribution in [0.25, 0.3) is 6.08 Å². The molecule has 1 aliphatic rings. The molecule has 2 rings (SSSR count). The number of carbonyl (C=O) groups excluding carboxylic acids is 3. The maximum atomic E-state index is 12.2. The molecule has 0 unspecified atom stereocenters. The van der Waals surface area contributed by atoms with Crippen LogP contribution >= 0.6 is 0 Å². The van der Waals surface area contributed by atoms with Crippen molar-refractivity contribution >= 4 is 23.9 Å². The number of nitrogens with zero attached hydrogens (tertiary/aromatic N) is 1. The minimum atomic E-state index is -0.628. The van der Waals surface area contributed by atoms with Gasteiger partial charge in [-0.15, -0.1) is 0 Å². The smallest absolute Gasteiger partial charge is 0.331 e. The molecule has 0 bridgehead atoms. The van der Waals surface area contributed by atoms with Gasteiger partial charge in [0.25, 0.3) is 5.91 Å². The average molecular weight is 346 g/mol. The summed E-state index contributed by atoms with van der Waals surface area (Å²) in [5, 5.41) is 0. The molecule has 2 N–H and O–H groups in total. The number of methoxy groups -OCH3 is 1. The molecule has 1 aromatic carbocycles. The number of amides is 2. The number of esters is 1. The van der Waals surface area contributed by atoms with Gasteiger partial charge in [-0.3, -0.25) is 9.59 Å². The predicted octanol–water partition coefficient (Wildman–Crippen LogP) is 1.12. The summed E-state index contributed by atoms with van der Waals surface area (Å²) >= 11 is 0. The summed E-state index contributed by atoms with van der Waals surface area (Å²) in [7, 11) is 1.57. The molecule has 7 heteroatoms. The Balaban J connectivity index is 1.84. The van der Waals surface area contributed by atoms with Crippen molar-refractivity contribution in [3.8, 4) is 5.75 Å². The summed E-state index contributed by atoms with van der Waals surface area (Å²) in [5.41, 5.74) is 6.12. The summed E-state index contributed by atoms with van der Waals surface area (Å²) in [6.07, 6.45) is 5.03. The first-order chi connectivity index (χ1) is 12.0. The van der Waals surface area contributed by atoms with Crippen molar-refractivity contribution < 1.29 is 23.9 Å². The van der Waals surface area contributed by atoms with E-state index < -0.39 is 30.4 Å². The highest BCUT2D eigenvalue weighted by Crippen LogP contribution is 2.17. The van der Waals surface area contributed by atoms with Gasteiger partial charge in [-0.2, -0.15) is 0 Å². The zero-order valence-corrected chi connectivity index (χ0v) is 14.1. The number of nitrogens with two attached hydrogens (primary N) is 1. The third kappa shape index (κ3) is 5.34. The fourth-order valence-corrected chi connectivity index (χ4v) is 2.67. The van der Waals surface area contributed by atoms with Gasteiger partial charge in [0.05, 0.1) is 7.11 Å². The minimum absolute atomic E-state index is 0.407. The first-order valence-corrected chi connectivity index (χ1v) is 8.09. The molecular weight excluding hydrogens is 324 g/mol. The molecule has 2 amide bonds. The summed E-state index contributed by atoms with van der Waals surface area (Å²) in [6, 6.07) is 6.51. The zero-order valence-electron chi connectivity index (χ0n) is 14.1. The lowest BCUT2D eigenvalue weighted by atomic mass is 10.0. The highest BCUT2D eigenvalue weighted by atomic mass is 16.5. The molecule has 1 fully saturated rings. The topological polar surface area (TPSA) is 98.9 Å². The van der Waals surface area contributed by atoms with Crippen LogP contribution in [-0.2, 0) is 19.1 Å². The Hall–Kier alpha value is -2.83. The highest BCUT2D eigenvalue weighted by Gasteiger charge is 2.30. The zero-order chi connectivity index (χ0) is 18.2. The Labute approximate surface area is 146 Å². The second-order valence-electron chi connectivity index (χ2n) is 5.72. The van der Waals surface area contributed by atoms with Crippen LogP contribution in [-0.4, -0.2) is 49.0 Å². The van der Waals surface area contributed by atoms with Gasteiger partial charge in [-0.25, -0.2) is 4.79 Å². The van der Waals surface area contributed by atoms with E-state index in [1.807, 2.05) is 0 Å². The minimum Gasteiger partial charge on any atom is -0.497 e. The number of likely N-dealkylation sites (tertiary alicyclic amines) is 1. The number of ether oxygens (including phenoxy) is 2. The predicted molar refractivity (Wildman–Crippen MR) is 91.5 cm³/mol. The van der Waals surface area contributed by atoms with Crippen molar-refractivity contribution in [1.82, 2.24) is 4.90 Å². The molecule has 0 radical (unpaired) electrons. The van der Waals surface area contributed by atoms with Crippen molar-refractivity contribution in [3.05, 3.63) is 35.9 Å². The fourth-order valence-electron chi connectivity index (χ4n) is 2.67. The van der Waals surface area contributed by atoms with Crippen LogP contribution in [0, 0.1) is 0 Å². The van der Waals surface area contributed by atoms with Crippen molar-refractivity contribution in [1.29, 1.82) is 0 Å². The molecule has 7 nitrogen and oxygen atoms in total. The van der Waals surface area contributed by atoms with Gasteiger partial charge in [0.1, 0.15) is 11.8 Å². The van der Waals surface area contributed by atoms with E-state index in [4.69, 9.17) is 15.2 Å². The molecule has 1 atom stereocenters. The van der Waals surface area contributed by atoms with Gasteiger partial charge in [-0.1, -0.05) is 12.1 Å². The van der Waals surface area contributed by atoms with Crippen LogP contribution in [0.4, 0.5) is 0 Å². The number of primary amides is 1. The number of carbonyl (C=O) groups is 3. The Morgan fingerprint density at radius 3 is 2.60 bits per heavy atom. The Morgan fingerprint density at radius 1 is 1.24 bits per heavy atom. The third-order valence-corrected chi connectivity index (χ3v) is 4.02. The number of hydrogen-bond donors (Lipinski definition) is 1. The second kappa shape index (κ2) is 8.86. The molecule has 0 spiro atoms. The van der Waals surface area contributed by atoms with E-state index in [-0.39, 0.29) is 0 Å². The van der Waals surface area contributed by atoms with Crippen LogP contribution in [0.15, 0.2) is 30.3 Å². The SMILES string of the molecule is COc1ccc(/C=C/C(=O)OCC(=O)N2CCCC[C@H]2C(N)=O)cc1. The van der Waals surface area contributed by atoms with E-state index in [9.17, 15) is 14.4 Å². The van der Waals surface area contributed by atoms with Gasteiger partial charge in [0, 0.05) is 12.6 Å². The lowest BCUT2D eigenvalue weighted by Crippen LogP contribution is -2.51. The quantitative estimate of drug-likeness (QED) is 0.615. The maximum Gasteiger partial charge on any atom is 0.331 e. The van der Waals surface area contributed by atoms with Crippen molar-refractivity contribution in [2.45, 2.75) is 25.3 Å².